The summed E-state index contributed by atoms with van der Waals surface area (Å²) in [4.78, 5) is 8.50. The zero-order chi connectivity index (χ0) is 14.7. The van der Waals surface area contributed by atoms with Gasteiger partial charge in [0, 0.05) is 30.4 Å². The van der Waals surface area contributed by atoms with Gasteiger partial charge in [-0.1, -0.05) is 6.92 Å². The van der Waals surface area contributed by atoms with Crippen LogP contribution in [0.15, 0.2) is 43.2 Å². The number of hydrogen-bond acceptors (Lipinski definition) is 4. The van der Waals surface area contributed by atoms with E-state index in [4.69, 9.17) is 0 Å². The van der Waals surface area contributed by atoms with Crippen molar-refractivity contribution in [2.75, 3.05) is 6.54 Å². The summed E-state index contributed by atoms with van der Waals surface area (Å²) in [5, 5.41) is 8.02. The van der Waals surface area contributed by atoms with Gasteiger partial charge in [-0.15, -0.1) is 0 Å². The van der Waals surface area contributed by atoms with Crippen LogP contribution < -0.4 is 5.32 Å². The third kappa shape index (κ3) is 2.64. The standard InChI is InChI=1S/C16H19N5/c1-3-5-19-16(13-9-17-6-4-12(13)2)14-10-20-21-8-7-18-11-15(14)21/h4,6-11,16,19H,3,5H2,1-2H3. The Balaban J connectivity index is 2.09. The molecule has 0 radical (unpaired) electrons. The van der Waals surface area contributed by atoms with Gasteiger partial charge in [-0.25, -0.2) is 4.52 Å². The summed E-state index contributed by atoms with van der Waals surface area (Å²) in [5.41, 5.74) is 4.56. The topological polar surface area (TPSA) is 55.1 Å². The Morgan fingerprint density at radius 1 is 1.14 bits per heavy atom. The van der Waals surface area contributed by atoms with Gasteiger partial charge >= 0.3 is 0 Å². The van der Waals surface area contributed by atoms with Crippen LogP contribution in [0.25, 0.3) is 5.52 Å². The number of pyridine rings is 1. The van der Waals surface area contributed by atoms with E-state index in [-0.39, 0.29) is 6.04 Å². The molecule has 0 aromatic carbocycles. The van der Waals surface area contributed by atoms with Gasteiger partial charge in [-0.3, -0.25) is 9.97 Å². The van der Waals surface area contributed by atoms with Crippen LogP contribution >= 0.6 is 0 Å². The smallest absolute Gasteiger partial charge is 0.0896 e. The molecule has 3 rings (SSSR count). The Morgan fingerprint density at radius 2 is 2.00 bits per heavy atom. The lowest BCUT2D eigenvalue weighted by Gasteiger charge is -2.19. The Bertz CT molecular complexity index is 734. The van der Waals surface area contributed by atoms with Crippen molar-refractivity contribution in [2.24, 2.45) is 0 Å². The fraction of sp³-hybridized carbons (Fsp3) is 0.312. The second-order valence-corrected chi connectivity index (χ2v) is 5.13. The fourth-order valence-corrected chi connectivity index (χ4v) is 2.53. The van der Waals surface area contributed by atoms with E-state index in [9.17, 15) is 0 Å². The third-order valence-corrected chi connectivity index (χ3v) is 3.65. The number of hydrogen-bond donors (Lipinski definition) is 1. The highest BCUT2D eigenvalue weighted by molar-refractivity contribution is 5.56. The molecule has 0 amide bonds. The molecule has 0 saturated carbocycles. The van der Waals surface area contributed by atoms with E-state index in [1.807, 2.05) is 41.6 Å². The Kier molecular flexibility index (Phi) is 3.92. The molecule has 5 nitrogen and oxygen atoms in total. The number of aryl methyl sites for hydroxylation is 1. The number of nitrogens with zero attached hydrogens (tertiary/aromatic N) is 4. The highest BCUT2D eigenvalue weighted by Gasteiger charge is 2.19. The maximum absolute atomic E-state index is 4.42. The summed E-state index contributed by atoms with van der Waals surface area (Å²) in [7, 11) is 0. The van der Waals surface area contributed by atoms with E-state index >= 15 is 0 Å². The Hall–Kier alpha value is -2.27. The van der Waals surface area contributed by atoms with Crippen molar-refractivity contribution in [3.8, 4) is 0 Å². The summed E-state index contributed by atoms with van der Waals surface area (Å²) >= 11 is 0. The fourth-order valence-electron chi connectivity index (χ4n) is 2.53. The van der Waals surface area contributed by atoms with Crippen LogP contribution in [0.1, 0.15) is 36.1 Å². The summed E-state index contributed by atoms with van der Waals surface area (Å²) < 4.78 is 1.86. The normalized spacial score (nSPS) is 12.7. The predicted molar refractivity (Wildman–Crippen MR) is 82.1 cm³/mol. The van der Waals surface area contributed by atoms with Crippen molar-refractivity contribution in [3.63, 3.8) is 0 Å². The van der Waals surface area contributed by atoms with Gasteiger partial charge in [0.2, 0.25) is 0 Å². The van der Waals surface area contributed by atoms with E-state index in [1.54, 1.807) is 6.20 Å². The quantitative estimate of drug-likeness (QED) is 0.781. The first-order valence-corrected chi connectivity index (χ1v) is 7.22. The van der Waals surface area contributed by atoms with Crippen LogP contribution in [0.3, 0.4) is 0 Å². The second kappa shape index (κ2) is 6.01. The second-order valence-electron chi connectivity index (χ2n) is 5.13. The first kappa shape index (κ1) is 13.7. The molecular weight excluding hydrogens is 262 g/mol. The minimum absolute atomic E-state index is 0.0837. The van der Waals surface area contributed by atoms with Gasteiger partial charge in [-0.05, 0) is 37.1 Å². The van der Waals surface area contributed by atoms with E-state index < -0.39 is 0 Å². The molecule has 0 fully saturated rings. The molecule has 1 atom stereocenters. The number of rotatable bonds is 5. The van der Waals surface area contributed by atoms with E-state index in [0.29, 0.717) is 0 Å². The third-order valence-electron chi connectivity index (χ3n) is 3.65. The molecule has 0 aliphatic heterocycles. The largest absolute Gasteiger partial charge is 0.306 e. The van der Waals surface area contributed by atoms with Crippen molar-refractivity contribution >= 4 is 5.52 Å². The zero-order valence-electron chi connectivity index (χ0n) is 12.3. The van der Waals surface area contributed by atoms with Crippen LogP contribution in [0, 0.1) is 6.92 Å². The Morgan fingerprint density at radius 3 is 2.81 bits per heavy atom. The van der Waals surface area contributed by atoms with Crippen molar-refractivity contribution in [1.29, 1.82) is 0 Å². The Labute approximate surface area is 124 Å². The molecule has 1 unspecified atom stereocenters. The number of nitrogens with one attached hydrogen (secondary N) is 1. The molecule has 3 aromatic rings. The molecule has 108 valence electrons. The monoisotopic (exact) mass is 281 g/mol. The van der Waals surface area contributed by atoms with E-state index in [2.05, 4.69) is 34.2 Å². The van der Waals surface area contributed by atoms with E-state index in [0.717, 1.165) is 24.0 Å². The molecule has 1 N–H and O–H groups in total. The lowest BCUT2D eigenvalue weighted by atomic mass is 9.98. The van der Waals surface area contributed by atoms with Crippen molar-refractivity contribution in [2.45, 2.75) is 26.3 Å². The minimum atomic E-state index is 0.0837. The molecule has 5 heteroatoms. The van der Waals surface area contributed by atoms with Crippen LogP contribution in [0.2, 0.25) is 0 Å². The van der Waals surface area contributed by atoms with Crippen molar-refractivity contribution in [3.05, 3.63) is 59.9 Å². The van der Waals surface area contributed by atoms with Gasteiger partial charge in [0.05, 0.1) is 24.0 Å². The highest BCUT2D eigenvalue weighted by atomic mass is 15.2. The molecule has 3 aromatic heterocycles. The highest BCUT2D eigenvalue weighted by Crippen LogP contribution is 2.27. The first-order chi connectivity index (χ1) is 10.3. The minimum Gasteiger partial charge on any atom is -0.306 e. The summed E-state index contributed by atoms with van der Waals surface area (Å²) in [6, 6.07) is 2.13. The van der Waals surface area contributed by atoms with Crippen LogP contribution in [0.4, 0.5) is 0 Å². The summed E-state index contributed by atoms with van der Waals surface area (Å²) in [5.74, 6) is 0. The molecule has 0 spiro atoms. The average Bonchev–Trinajstić information content (AvgIpc) is 2.93. The van der Waals surface area contributed by atoms with Gasteiger partial charge in [0.25, 0.3) is 0 Å². The van der Waals surface area contributed by atoms with Crippen molar-refractivity contribution < 1.29 is 0 Å². The average molecular weight is 281 g/mol. The first-order valence-electron chi connectivity index (χ1n) is 7.22. The SMILES string of the molecule is CCCNC(c1cnccc1C)c1cnn2ccncc12. The van der Waals surface area contributed by atoms with E-state index in [1.165, 1.54) is 11.1 Å². The summed E-state index contributed by atoms with van der Waals surface area (Å²) in [6.45, 7) is 5.22. The molecule has 0 saturated heterocycles. The summed E-state index contributed by atoms with van der Waals surface area (Å²) in [6.07, 6.45) is 12.2. The number of fused-ring (bicyclic) bond motifs is 1. The maximum atomic E-state index is 4.42. The molecule has 21 heavy (non-hydrogen) atoms. The van der Waals surface area contributed by atoms with Gasteiger partial charge < -0.3 is 5.32 Å². The van der Waals surface area contributed by atoms with Crippen molar-refractivity contribution in [1.82, 2.24) is 24.9 Å². The zero-order valence-corrected chi connectivity index (χ0v) is 12.3. The van der Waals surface area contributed by atoms with Gasteiger partial charge in [0.15, 0.2) is 0 Å². The lowest BCUT2D eigenvalue weighted by Crippen LogP contribution is -2.24. The molecular formula is C16H19N5. The van der Waals surface area contributed by atoms with Gasteiger partial charge in [0.1, 0.15) is 0 Å². The molecule has 3 heterocycles. The molecule has 0 aliphatic carbocycles. The van der Waals surface area contributed by atoms with Crippen LogP contribution in [0.5, 0.6) is 0 Å². The lowest BCUT2D eigenvalue weighted by molar-refractivity contribution is 0.597. The van der Waals surface area contributed by atoms with Crippen LogP contribution in [-0.4, -0.2) is 26.1 Å². The molecule has 0 aliphatic rings. The van der Waals surface area contributed by atoms with Gasteiger partial charge in [-0.2, -0.15) is 5.10 Å². The molecule has 0 bridgehead atoms. The maximum Gasteiger partial charge on any atom is 0.0896 e. The predicted octanol–water partition coefficient (Wildman–Crippen LogP) is 2.52. The number of aromatic nitrogens is 4. The van der Waals surface area contributed by atoms with Crippen LogP contribution in [-0.2, 0) is 0 Å².